The molecule has 0 fully saturated rings. The van der Waals surface area contributed by atoms with Crippen LogP contribution in [0.4, 0.5) is 0 Å². The molecule has 1 aliphatic heterocycles. The van der Waals surface area contributed by atoms with Gasteiger partial charge in [0.1, 0.15) is 5.75 Å². The van der Waals surface area contributed by atoms with Crippen molar-refractivity contribution in [2.75, 3.05) is 7.11 Å². The van der Waals surface area contributed by atoms with Crippen molar-refractivity contribution in [1.82, 2.24) is 0 Å². The van der Waals surface area contributed by atoms with Crippen molar-refractivity contribution >= 4 is 17.9 Å². The lowest BCUT2D eigenvalue weighted by molar-refractivity contribution is -0.129. The Kier molecular flexibility index (Phi) is 4.94. The van der Waals surface area contributed by atoms with Crippen molar-refractivity contribution < 1.29 is 14.3 Å². The van der Waals surface area contributed by atoms with Crippen molar-refractivity contribution in [2.24, 2.45) is 4.99 Å². The third kappa shape index (κ3) is 3.54. The smallest absolute Gasteiger partial charge is 0.363 e. The summed E-state index contributed by atoms with van der Waals surface area (Å²) in [6, 6.07) is 11.8. The number of hydrogen-bond acceptors (Lipinski definition) is 4. The van der Waals surface area contributed by atoms with Crippen LogP contribution in [0.25, 0.3) is 6.08 Å². The summed E-state index contributed by atoms with van der Waals surface area (Å²) in [6.45, 7) is 8.23. The van der Waals surface area contributed by atoms with Crippen molar-refractivity contribution in [3.8, 4) is 5.75 Å². The molecule has 2 aromatic carbocycles. The Morgan fingerprint density at radius 3 is 2.42 bits per heavy atom. The molecule has 0 radical (unpaired) electrons. The monoisotopic (exact) mass is 349 g/mol. The molecule has 2 aromatic rings. The topological polar surface area (TPSA) is 47.9 Å². The fraction of sp³-hybridized carbons (Fsp3) is 0.273. The van der Waals surface area contributed by atoms with Gasteiger partial charge in [-0.15, -0.1) is 0 Å². The Bertz CT molecular complexity index is 906. The van der Waals surface area contributed by atoms with E-state index in [0.29, 0.717) is 17.5 Å². The highest BCUT2D eigenvalue weighted by molar-refractivity contribution is 6.12. The number of rotatable bonds is 4. The summed E-state index contributed by atoms with van der Waals surface area (Å²) in [4.78, 5) is 16.6. The molecule has 0 N–H and O–H groups in total. The van der Waals surface area contributed by atoms with Crippen LogP contribution in [-0.4, -0.2) is 19.0 Å². The minimum Gasteiger partial charge on any atom is -0.496 e. The second-order valence-electron chi connectivity index (χ2n) is 6.81. The molecule has 0 aromatic heterocycles. The molecule has 0 aliphatic carbocycles. The number of nitrogens with zero attached hydrogens (tertiary/aromatic N) is 1. The van der Waals surface area contributed by atoms with Crippen LogP contribution in [-0.2, 0) is 9.53 Å². The lowest BCUT2D eigenvalue weighted by atomic mass is 9.96. The maximum atomic E-state index is 12.3. The van der Waals surface area contributed by atoms with Gasteiger partial charge in [-0.3, -0.25) is 0 Å². The van der Waals surface area contributed by atoms with Crippen LogP contribution in [0.15, 0.2) is 47.1 Å². The first kappa shape index (κ1) is 17.9. The number of carbonyl (C=O) groups is 1. The zero-order valence-electron chi connectivity index (χ0n) is 15.8. The normalized spacial score (nSPS) is 15.4. The van der Waals surface area contributed by atoms with Crippen molar-refractivity contribution in [2.45, 2.75) is 33.6 Å². The Balaban J connectivity index is 2.00. The predicted octanol–water partition coefficient (Wildman–Crippen LogP) is 4.78. The molecule has 0 spiro atoms. The Labute approximate surface area is 154 Å². The predicted molar refractivity (Wildman–Crippen MR) is 104 cm³/mol. The second-order valence-corrected chi connectivity index (χ2v) is 6.81. The minimum absolute atomic E-state index is 0.309. The SMILES string of the molecule is COc1cc(C)c(/C=C2\N=C(c3ccc(C)cc3)OC2=O)cc1C(C)C. The van der Waals surface area contributed by atoms with E-state index in [0.717, 1.165) is 33.6 Å². The van der Waals surface area contributed by atoms with Gasteiger partial charge in [0, 0.05) is 5.56 Å². The maximum Gasteiger partial charge on any atom is 0.363 e. The van der Waals surface area contributed by atoms with Gasteiger partial charge >= 0.3 is 5.97 Å². The molecule has 0 saturated heterocycles. The molecule has 134 valence electrons. The molecule has 0 saturated carbocycles. The first-order chi connectivity index (χ1) is 12.4. The molecular formula is C22H23NO3. The van der Waals surface area contributed by atoms with E-state index >= 15 is 0 Å². The molecule has 4 nitrogen and oxygen atoms in total. The fourth-order valence-corrected chi connectivity index (χ4v) is 2.88. The van der Waals surface area contributed by atoms with Gasteiger partial charge in [0.2, 0.25) is 5.90 Å². The molecule has 1 aliphatic rings. The number of esters is 1. The van der Waals surface area contributed by atoms with Gasteiger partial charge in [-0.05, 0) is 66.8 Å². The van der Waals surface area contributed by atoms with Crippen molar-refractivity contribution in [3.63, 3.8) is 0 Å². The summed E-state index contributed by atoms with van der Waals surface area (Å²) in [5.74, 6) is 1.08. The molecule has 0 atom stereocenters. The molecule has 0 bridgehead atoms. The molecule has 26 heavy (non-hydrogen) atoms. The van der Waals surface area contributed by atoms with Crippen molar-refractivity contribution in [3.05, 3.63) is 69.9 Å². The van der Waals surface area contributed by atoms with Crippen molar-refractivity contribution in [1.29, 1.82) is 0 Å². The summed E-state index contributed by atoms with van der Waals surface area (Å²) in [5, 5.41) is 0. The van der Waals surface area contributed by atoms with E-state index in [-0.39, 0.29) is 0 Å². The van der Waals surface area contributed by atoms with Crippen LogP contribution >= 0.6 is 0 Å². The van der Waals surface area contributed by atoms with Crippen LogP contribution in [0.1, 0.15) is 47.6 Å². The van der Waals surface area contributed by atoms with Gasteiger partial charge in [0.25, 0.3) is 0 Å². The first-order valence-electron chi connectivity index (χ1n) is 8.67. The highest BCUT2D eigenvalue weighted by atomic mass is 16.6. The van der Waals surface area contributed by atoms with E-state index in [1.165, 1.54) is 0 Å². The van der Waals surface area contributed by atoms with Gasteiger partial charge in [0.15, 0.2) is 5.70 Å². The number of ether oxygens (including phenoxy) is 2. The largest absolute Gasteiger partial charge is 0.496 e. The highest BCUT2D eigenvalue weighted by Gasteiger charge is 2.24. The summed E-state index contributed by atoms with van der Waals surface area (Å²) in [6.07, 6.45) is 1.78. The molecule has 1 heterocycles. The fourth-order valence-electron chi connectivity index (χ4n) is 2.88. The zero-order chi connectivity index (χ0) is 18.8. The molecule has 3 rings (SSSR count). The maximum absolute atomic E-state index is 12.3. The molecular weight excluding hydrogens is 326 g/mol. The van der Waals surface area contributed by atoms with E-state index in [1.54, 1.807) is 13.2 Å². The summed E-state index contributed by atoms with van der Waals surface area (Å²) in [5.41, 5.74) is 5.30. The quantitative estimate of drug-likeness (QED) is 0.589. The van der Waals surface area contributed by atoms with E-state index in [2.05, 4.69) is 24.9 Å². The van der Waals surface area contributed by atoms with E-state index in [9.17, 15) is 4.79 Å². The van der Waals surface area contributed by atoms with E-state index < -0.39 is 5.97 Å². The van der Waals surface area contributed by atoms with Crippen LogP contribution in [0, 0.1) is 13.8 Å². The van der Waals surface area contributed by atoms with Gasteiger partial charge < -0.3 is 9.47 Å². The number of aryl methyl sites for hydroxylation is 2. The third-order valence-corrected chi connectivity index (χ3v) is 4.45. The van der Waals surface area contributed by atoms with Crippen LogP contribution in [0.5, 0.6) is 5.75 Å². The van der Waals surface area contributed by atoms with E-state index in [4.69, 9.17) is 9.47 Å². The standard InChI is InChI=1S/C22H23NO3/c1-13(2)18-11-17(15(4)10-20(18)25-5)12-19-22(24)26-21(23-19)16-8-6-14(3)7-9-16/h6-13H,1-5H3/b19-12-. The van der Waals surface area contributed by atoms with Gasteiger partial charge in [-0.1, -0.05) is 31.5 Å². The molecule has 4 heteroatoms. The number of hydrogen-bond donors (Lipinski definition) is 0. The Morgan fingerprint density at radius 2 is 1.81 bits per heavy atom. The first-order valence-corrected chi connectivity index (χ1v) is 8.67. The number of cyclic esters (lactones) is 1. The summed E-state index contributed by atoms with van der Waals surface area (Å²) >= 11 is 0. The van der Waals surface area contributed by atoms with Crippen LogP contribution in [0.2, 0.25) is 0 Å². The Hall–Kier alpha value is -2.88. The molecule has 0 amide bonds. The number of aliphatic imine (C=N–C) groups is 1. The third-order valence-electron chi connectivity index (χ3n) is 4.45. The lowest BCUT2D eigenvalue weighted by Gasteiger charge is -2.14. The number of methoxy groups -OCH3 is 1. The van der Waals surface area contributed by atoms with Crippen LogP contribution in [0.3, 0.4) is 0 Å². The second kappa shape index (κ2) is 7.16. The zero-order valence-corrected chi connectivity index (χ0v) is 15.8. The lowest BCUT2D eigenvalue weighted by Crippen LogP contribution is -2.05. The highest BCUT2D eigenvalue weighted by Crippen LogP contribution is 2.31. The summed E-state index contributed by atoms with van der Waals surface area (Å²) in [7, 11) is 1.67. The van der Waals surface area contributed by atoms with Gasteiger partial charge in [-0.25, -0.2) is 9.79 Å². The minimum atomic E-state index is -0.429. The van der Waals surface area contributed by atoms with E-state index in [1.807, 2.05) is 44.2 Å². The number of benzene rings is 2. The average molecular weight is 349 g/mol. The summed E-state index contributed by atoms with van der Waals surface area (Å²) < 4.78 is 10.8. The Morgan fingerprint density at radius 1 is 1.12 bits per heavy atom. The van der Waals surface area contributed by atoms with Gasteiger partial charge in [0.05, 0.1) is 7.11 Å². The van der Waals surface area contributed by atoms with Crippen LogP contribution < -0.4 is 4.74 Å². The molecule has 0 unspecified atom stereocenters. The van der Waals surface area contributed by atoms with Gasteiger partial charge in [-0.2, -0.15) is 0 Å². The average Bonchev–Trinajstić information content (AvgIpc) is 2.97. The number of carbonyl (C=O) groups excluding carboxylic acids is 1.